The Morgan fingerprint density at radius 2 is 2.21 bits per heavy atom. The van der Waals surface area contributed by atoms with Crippen molar-refractivity contribution >= 4 is 16.8 Å². The summed E-state index contributed by atoms with van der Waals surface area (Å²) in [4.78, 5) is 19.4. The number of aromatic nitrogens is 1. The molecule has 1 amide bonds. The minimum Gasteiger partial charge on any atom is -0.384 e. The maximum atomic E-state index is 13.0. The molecule has 1 aromatic carbocycles. The van der Waals surface area contributed by atoms with Crippen molar-refractivity contribution in [1.29, 1.82) is 0 Å². The van der Waals surface area contributed by atoms with Crippen LogP contribution < -0.4 is 0 Å². The SMILES string of the molecule is COC[C@@]12CN(C(=O)c3ccc4ncccc4c3)C[C@@H]1C(C)(C)C2. The van der Waals surface area contributed by atoms with E-state index in [0.717, 1.165) is 42.6 Å². The fraction of sp³-hybridized carbons (Fsp3) is 0.500. The lowest BCUT2D eigenvalue weighted by molar-refractivity contribution is -0.107. The molecule has 1 aliphatic carbocycles. The van der Waals surface area contributed by atoms with E-state index in [4.69, 9.17) is 4.74 Å². The van der Waals surface area contributed by atoms with Crippen molar-refractivity contribution in [1.82, 2.24) is 9.88 Å². The standard InChI is InChI=1S/C20H24N2O2/c1-19(2)11-20(13-24-3)12-22(10-17(19)20)18(23)15-6-7-16-14(9-15)5-4-8-21-16/h4-9,17H,10-13H2,1-3H3/t17-,20-/m1/s1. The molecule has 4 nitrogen and oxygen atoms in total. The molecular formula is C20H24N2O2. The number of nitrogens with zero attached hydrogens (tertiary/aromatic N) is 2. The van der Waals surface area contributed by atoms with Gasteiger partial charge < -0.3 is 9.64 Å². The van der Waals surface area contributed by atoms with E-state index in [-0.39, 0.29) is 11.3 Å². The van der Waals surface area contributed by atoms with Crippen molar-refractivity contribution in [2.45, 2.75) is 20.3 Å². The molecule has 2 atom stereocenters. The summed E-state index contributed by atoms with van der Waals surface area (Å²) in [6.45, 7) is 6.99. The van der Waals surface area contributed by atoms with Crippen LogP contribution in [0.1, 0.15) is 30.6 Å². The number of benzene rings is 1. The van der Waals surface area contributed by atoms with Crippen molar-refractivity contribution in [3.05, 3.63) is 42.1 Å². The van der Waals surface area contributed by atoms with E-state index in [1.807, 2.05) is 35.2 Å². The Labute approximate surface area is 142 Å². The van der Waals surface area contributed by atoms with E-state index in [0.29, 0.717) is 11.3 Å². The Kier molecular flexibility index (Phi) is 3.43. The van der Waals surface area contributed by atoms with Gasteiger partial charge in [0.25, 0.3) is 5.91 Å². The van der Waals surface area contributed by atoms with Gasteiger partial charge in [0.1, 0.15) is 0 Å². The van der Waals surface area contributed by atoms with Crippen LogP contribution in [0.15, 0.2) is 36.5 Å². The number of fused-ring (bicyclic) bond motifs is 2. The maximum absolute atomic E-state index is 13.0. The summed E-state index contributed by atoms with van der Waals surface area (Å²) < 4.78 is 5.49. The van der Waals surface area contributed by atoms with Crippen LogP contribution in [-0.4, -0.2) is 42.6 Å². The van der Waals surface area contributed by atoms with Gasteiger partial charge in [-0.3, -0.25) is 9.78 Å². The molecule has 2 heterocycles. The topological polar surface area (TPSA) is 42.4 Å². The second kappa shape index (κ2) is 5.28. The predicted octanol–water partition coefficient (Wildman–Crippen LogP) is 3.37. The zero-order valence-electron chi connectivity index (χ0n) is 14.6. The number of carbonyl (C=O) groups excluding carboxylic acids is 1. The van der Waals surface area contributed by atoms with E-state index >= 15 is 0 Å². The number of likely N-dealkylation sites (tertiary alicyclic amines) is 1. The van der Waals surface area contributed by atoms with E-state index in [1.54, 1.807) is 13.3 Å². The highest BCUT2D eigenvalue weighted by Gasteiger charge is 2.63. The lowest BCUT2D eigenvalue weighted by atomic mass is 9.48. The number of hydrogen-bond donors (Lipinski definition) is 0. The van der Waals surface area contributed by atoms with Gasteiger partial charge in [-0.05, 0) is 42.0 Å². The minimum absolute atomic E-state index is 0.126. The van der Waals surface area contributed by atoms with E-state index in [1.165, 1.54) is 0 Å². The van der Waals surface area contributed by atoms with Gasteiger partial charge in [0.05, 0.1) is 12.1 Å². The maximum Gasteiger partial charge on any atom is 0.253 e. The Balaban J connectivity index is 1.60. The van der Waals surface area contributed by atoms with Crippen molar-refractivity contribution in [2.75, 3.05) is 26.8 Å². The van der Waals surface area contributed by atoms with Crippen LogP contribution in [0, 0.1) is 16.7 Å². The van der Waals surface area contributed by atoms with Gasteiger partial charge >= 0.3 is 0 Å². The lowest BCUT2D eigenvalue weighted by Gasteiger charge is -2.56. The lowest BCUT2D eigenvalue weighted by Crippen LogP contribution is -2.55. The average molecular weight is 324 g/mol. The van der Waals surface area contributed by atoms with Crippen LogP contribution in [0.4, 0.5) is 0 Å². The largest absolute Gasteiger partial charge is 0.384 e. The molecule has 4 rings (SSSR count). The first-order valence-corrected chi connectivity index (χ1v) is 8.58. The first-order chi connectivity index (χ1) is 11.5. The summed E-state index contributed by atoms with van der Waals surface area (Å²) in [6.07, 6.45) is 2.91. The number of methoxy groups -OCH3 is 1. The minimum atomic E-state index is 0.126. The number of pyridine rings is 1. The molecule has 1 saturated heterocycles. The molecule has 126 valence electrons. The average Bonchev–Trinajstić information content (AvgIpc) is 2.89. The van der Waals surface area contributed by atoms with Crippen molar-refractivity contribution in [3.8, 4) is 0 Å². The molecule has 2 fully saturated rings. The molecule has 2 aromatic rings. The Morgan fingerprint density at radius 1 is 1.38 bits per heavy atom. The number of hydrogen-bond acceptors (Lipinski definition) is 3. The molecule has 4 heteroatoms. The van der Waals surface area contributed by atoms with Gasteiger partial charge in [-0.15, -0.1) is 0 Å². The third-order valence-corrected chi connectivity index (χ3v) is 5.97. The third kappa shape index (κ3) is 2.24. The van der Waals surface area contributed by atoms with Crippen LogP contribution in [0.25, 0.3) is 10.9 Å². The van der Waals surface area contributed by atoms with Crippen molar-refractivity contribution in [3.63, 3.8) is 0 Å². The van der Waals surface area contributed by atoms with E-state index in [2.05, 4.69) is 18.8 Å². The second-order valence-electron chi connectivity index (χ2n) is 8.11. The van der Waals surface area contributed by atoms with Gasteiger partial charge in [-0.1, -0.05) is 19.9 Å². The summed E-state index contributed by atoms with van der Waals surface area (Å²) in [6, 6.07) is 9.69. The number of amides is 1. The normalized spacial score (nSPS) is 27.8. The van der Waals surface area contributed by atoms with Crippen LogP contribution in [0.3, 0.4) is 0 Å². The second-order valence-corrected chi connectivity index (χ2v) is 8.11. The molecular weight excluding hydrogens is 300 g/mol. The molecule has 1 aliphatic heterocycles. The highest BCUT2D eigenvalue weighted by atomic mass is 16.5. The van der Waals surface area contributed by atoms with Crippen LogP contribution in [0.2, 0.25) is 0 Å². The summed E-state index contributed by atoms with van der Waals surface area (Å²) in [5, 5.41) is 1.01. The number of carbonyl (C=O) groups is 1. The monoisotopic (exact) mass is 324 g/mol. The third-order valence-electron chi connectivity index (χ3n) is 5.97. The van der Waals surface area contributed by atoms with Gasteiger partial charge in [-0.25, -0.2) is 0 Å². The summed E-state index contributed by atoms with van der Waals surface area (Å²) in [5.74, 6) is 0.650. The predicted molar refractivity (Wildman–Crippen MR) is 93.8 cm³/mol. The summed E-state index contributed by atoms with van der Waals surface area (Å²) in [7, 11) is 1.76. The van der Waals surface area contributed by atoms with Crippen molar-refractivity contribution < 1.29 is 9.53 Å². The van der Waals surface area contributed by atoms with Crippen LogP contribution in [0.5, 0.6) is 0 Å². The zero-order chi connectivity index (χ0) is 16.9. The quantitative estimate of drug-likeness (QED) is 0.869. The Morgan fingerprint density at radius 3 is 2.96 bits per heavy atom. The first-order valence-electron chi connectivity index (χ1n) is 8.58. The zero-order valence-corrected chi connectivity index (χ0v) is 14.6. The first kappa shape index (κ1) is 15.6. The fourth-order valence-corrected chi connectivity index (χ4v) is 5.15. The van der Waals surface area contributed by atoms with Gasteiger partial charge in [0.15, 0.2) is 0 Å². The van der Waals surface area contributed by atoms with Gasteiger partial charge in [-0.2, -0.15) is 0 Å². The highest BCUT2D eigenvalue weighted by molar-refractivity contribution is 5.98. The fourth-order valence-electron chi connectivity index (χ4n) is 5.15. The molecule has 0 unspecified atom stereocenters. The van der Waals surface area contributed by atoms with Crippen LogP contribution >= 0.6 is 0 Å². The molecule has 0 N–H and O–H groups in total. The molecule has 24 heavy (non-hydrogen) atoms. The van der Waals surface area contributed by atoms with Crippen LogP contribution in [-0.2, 0) is 4.74 Å². The summed E-state index contributed by atoms with van der Waals surface area (Å²) >= 11 is 0. The molecule has 1 saturated carbocycles. The van der Waals surface area contributed by atoms with E-state index < -0.39 is 0 Å². The smallest absolute Gasteiger partial charge is 0.253 e. The van der Waals surface area contributed by atoms with Gasteiger partial charge in [0.2, 0.25) is 0 Å². The highest BCUT2D eigenvalue weighted by Crippen LogP contribution is 2.62. The number of ether oxygens (including phenoxy) is 1. The molecule has 2 aliphatic rings. The van der Waals surface area contributed by atoms with Gasteiger partial charge in [0, 0.05) is 42.8 Å². The van der Waals surface area contributed by atoms with Crippen molar-refractivity contribution in [2.24, 2.45) is 16.7 Å². The Hall–Kier alpha value is -1.94. The van der Waals surface area contributed by atoms with E-state index in [9.17, 15) is 4.79 Å². The summed E-state index contributed by atoms with van der Waals surface area (Å²) in [5.41, 5.74) is 2.11. The molecule has 0 spiro atoms. The number of rotatable bonds is 3. The molecule has 1 aromatic heterocycles. The molecule has 0 radical (unpaired) electrons. The molecule has 0 bridgehead atoms. The Bertz CT molecular complexity index is 801.